The quantitative estimate of drug-likeness (QED) is 0.607. The second-order valence-electron chi connectivity index (χ2n) is 6.53. The van der Waals surface area contributed by atoms with Crippen LogP contribution >= 0.6 is 11.6 Å². The van der Waals surface area contributed by atoms with Gasteiger partial charge in [-0.15, -0.1) is 5.10 Å². The number of pyridine rings is 1. The molecule has 2 heterocycles. The molecule has 0 aliphatic rings. The molecule has 0 aliphatic heterocycles. The van der Waals surface area contributed by atoms with Crippen LogP contribution in [0.15, 0.2) is 36.5 Å². The minimum atomic E-state index is -4.66. The molecule has 1 N–H and O–H groups in total. The third-order valence-electron chi connectivity index (χ3n) is 3.79. The maximum Gasteiger partial charge on any atom is 0.433 e. The maximum absolute atomic E-state index is 12.9. The van der Waals surface area contributed by atoms with Crippen molar-refractivity contribution in [3.63, 3.8) is 0 Å². The lowest BCUT2D eigenvalue weighted by Crippen LogP contribution is -2.10. The lowest BCUT2D eigenvalue weighted by Gasteiger charge is -2.12. The van der Waals surface area contributed by atoms with Crippen molar-refractivity contribution < 1.29 is 17.9 Å². The van der Waals surface area contributed by atoms with E-state index in [1.54, 1.807) is 30.5 Å². The van der Waals surface area contributed by atoms with E-state index >= 15 is 0 Å². The average Bonchev–Trinajstić information content (AvgIpc) is 3.15. The van der Waals surface area contributed by atoms with Crippen LogP contribution < -0.4 is 10.1 Å². The summed E-state index contributed by atoms with van der Waals surface area (Å²) in [7, 11) is 0. The third kappa shape index (κ3) is 5.18. The van der Waals surface area contributed by atoms with E-state index in [1.165, 1.54) is 10.7 Å². The van der Waals surface area contributed by atoms with Gasteiger partial charge in [0, 0.05) is 5.69 Å². The van der Waals surface area contributed by atoms with E-state index in [4.69, 9.17) is 21.6 Å². The first kappa shape index (κ1) is 21.4. The Hall–Kier alpha value is -3.32. The highest BCUT2D eigenvalue weighted by molar-refractivity contribution is 6.32. The summed E-state index contributed by atoms with van der Waals surface area (Å²) >= 11 is 6.23. The number of nitrogens with one attached hydrogen (secondary N) is 1. The highest BCUT2D eigenvalue weighted by atomic mass is 35.5. The summed E-state index contributed by atoms with van der Waals surface area (Å²) in [6.07, 6.45) is -3.07. The molecule has 1 aromatic carbocycles. The predicted molar refractivity (Wildman–Crippen MR) is 103 cm³/mol. The Labute approximate surface area is 175 Å². The molecular weight excluding hydrogens is 421 g/mol. The Bertz CT molecular complexity index is 1090. The fraction of sp³-hybridized carbons (Fsp3) is 0.263. The monoisotopic (exact) mass is 436 g/mol. The Balaban J connectivity index is 1.74. The zero-order chi connectivity index (χ0) is 21.9. The average molecular weight is 437 g/mol. The second kappa shape index (κ2) is 8.59. The summed E-state index contributed by atoms with van der Waals surface area (Å²) in [5.74, 6) is 0.545. The van der Waals surface area contributed by atoms with Gasteiger partial charge < -0.3 is 10.1 Å². The summed E-state index contributed by atoms with van der Waals surface area (Å²) in [5.41, 5.74) is -0.274. The first-order valence-corrected chi connectivity index (χ1v) is 9.14. The molecule has 0 aliphatic carbocycles. The van der Waals surface area contributed by atoms with Gasteiger partial charge in [-0.2, -0.15) is 18.4 Å². The van der Waals surface area contributed by atoms with Crippen LogP contribution in [0, 0.1) is 11.3 Å². The van der Waals surface area contributed by atoms with Gasteiger partial charge in [0.15, 0.2) is 0 Å². The molecule has 0 bridgehead atoms. The number of anilines is 1. The topological polar surface area (TPSA) is 88.6 Å². The van der Waals surface area contributed by atoms with Gasteiger partial charge in [-0.3, -0.25) is 0 Å². The van der Waals surface area contributed by atoms with Crippen LogP contribution in [0.3, 0.4) is 0 Å². The van der Waals surface area contributed by atoms with Crippen molar-refractivity contribution in [2.45, 2.75) is 32.7 Å². The van der Waals surface area contributed by atoms with E-state index in [1.807, 2.05) is 13.8 Å². The van der Waals surface area contributed by atoms with E-state index in [-0.39, 0.29) is 24.0 Å². The molecule has 156 valence electrons. The van der Waals surface area contributed by atoms with Gasteiger partial charge in [0.25, 0.3) is 0 Å². The van der Waals surface area contributed by atoms with E-state index in [9.17, 15) is 13.2 Å². The largest absolute Gasteiger partial charge is 0.489 e. The summed E-state index contributed by atoms with van der Waals surface area (Å²) in [6.45, 7) is 3.87. The number of halogens is 4. The fourth-order valence-electron chi connectivity index (χ4n) is 2.52. The molecule has 0 saturated carbocycles. The molecule has 3 rings (SSSR count). The molecule has 0 radical (unpaired) electrons. The molecular formula is C19H16ClF3N6O. The number of nitriles is 1. The van der Waals surface area contributed by atoms with Gasteiger partial charge in [-0.1, -0.05) is 16.8 Å². The minimum absolute atomic E-state index is 0.0232. The van der Waals surface area contributed by atoms with E-state index < -0.39 is 11.9 Å². The van der Waals surface area contributed by atoms with Crippen LogP contribution in [0.5, 0.6) is 5.75 Å². The molecule has 3 aromatic rings. The molecule has 0 amide bonds. The first-order chi connectivity index (χ1) is 14.2. The summed E-state index contributed by atoms with van der Waals surface area (Å²) < 4.78 is 45.8. The summed E-state index contributed by atoms with van der Waals surface area (Å²) in [5, 5.41) is 20.1. The fourth-order valence-corrected chi connectivity index (χ4v) is 2.73. The number of rotatable bonds is 6. The summed E-state index contributed by atoms with van der Waals surface area (Å²) in [6, 6.07) is 8.83. The van der Waals surface area contributed by atoms with E-state index in [0.29, 0.717) is 22.2 Å². The van der Waals surface area contributed by atoms with Crippen LogP contribution in [0.4, 0.5) is 18.9 Å². The number of benzene rings is 1. The number of hydrogen-bond acceptors (Lipinski definition) is 6. The second-order valence-corrected chi connectivity index (χ2v) is 6.93. The van der Waals surface area contributed by atoms with Crippen molar-refractivity contribution in [1.82, 2.24) is 20.0 Å². The standard InChI is InChI=1S/C19H16ClF3N6O/c1-11(2)30-17-4-3-15(7-16(17)20)29-10-14(27-28-29)9-25-12-5-13(8-24)26-18(6-12)19(21,22)23/h3-7,10-11H,9H2,1-2H3,(H,25,26). The number of alkyl halides is 3. The van der Waals surface area contributed by atoms with E-state index in [0.717, 1.165) is 6.07 Å². The highest BCUT2D eigenvalue weighted by Gasteiger charge is 2.33. The zero-order valence-electron chi connectivity index (χ0n) is 15.9. The predicted octanol–water partition coefficient (Wildman–Crippen LogP) is 4.61. The third-order valence-corrected chi connectivity index (χ3v) is 4.08. The Morgan fingerprint density at radius 3 is 2.67 bits per heavy atom. The molecule has 0 fully saturated rings. The van der Waals surface area contributed by atoms with Crippen molar-refractivity contribution >= 4 is 17.3 Å². The lowest BCUT2D eigenvalue weighted by atomic mass is 10.2. The van der Waals surface area contributed by atoms with Crippen LogP contribution in [0.25, 0.3) is 5.69 Å². The molecule has 0 spiro atoms. The van der Waals surface area contributed by atoms with Crippen LogP contribution in [0.1, 0.15) is 30.9 Å². The Morgan fingerprint density at radius 2 is 2.03 bits per heavy atom. The Kier molecular flexibility index (Phi) is 6.12. The first-order valence-electron chi connectivity index (χ1n) is 8.77. The molecule has 0 unspecified atom stereocenters. The molecule has 30 heavy (non-hydrogen) atoms. The van der Waals surface area contributed by atoms with Crippen LogP contribution in [-0.4, -0.2) is 26.1 Å². The molecule has 7 nitrogen and oxygen atoms in total. The van der Waals surface area contributed by atoms with Gasteiger partial charge in [0.2, 0.25) is 0 Å². The molecule has 2 aromatic heterocycles. The van der Waals surface area contributed by atoms with Crippen molar-refractivity contribution in [1.29, 1.82) is 5.26 Å². The van der Waals surface area contributed by atoms with Gasteiger partial charge >= 0.3 is 6.18 Å². The highest BCUT2D eigenvalue weighted by Crippen LogP contribution is 2.30. The maximum atomic E-state index is 12.9. The minimum Gasteiger partial charge on any atom is -0.489 e. The Morgan fingerprint density at radius 1 is 1.27 bits per heavy atom. The number of nitrogens with zero attached hydrogens (tertiary/aromatic N) is 5. The lowest BCUT2D eigenvalue weighted by molar-refractivity contribution is -0.141. The van der Waals surface area contributed by atoms with Crippen molar-refractivity contribution in [2.24, 2.45) is 0 Å². The number of ether oxygens (including phenoxy) is 1. The number of aromatic nitrogens is 4. The van der Waals surface area contributed by atoms with Crippen LogP contribution in [0.2, 0.25) is 5.02 Å². The normalized spacial score (nSPS) is 11.4. The van der Waals surface area contributed by atoms with Gasteiger partial charge in [0.1, 0.15) is 28.9 Å². The van der Waals surface area contributed by atoms with Crippen LogP contribution in [-0.2, 0) is 12.7 Å². The van der Waals surface area contributed by atoms with Crippen molar-refractivity contribution in [3.05, 3.63) is 58.6 Å². The number of hydrogen-bond donors (Lipinski definition) is 1. The molecule has 0 saturated heterocycles. The molecule has 0 atom stereocenters. The van der Waals surface area contributed by atoms with Gasteiger partial charge in [-0.25, -0.2) is 9.67 Å². The van der Waals surface area contributed by atoms with E-state index in [2.05, 4.69) is 20.6 Å². The zero-order valence-corrected chi connectivity index (χ0v) is 16.7. The van der Waals surface area contributed by atoms with Crippen molar-refractivity contribution in [2.75, 3.05) is 5.32 Å². The SMILES string of the molecule is CC(C)Oc1ccc(-n2cc(CNc3cc(C#N)nc(C(F)(F)F)c3)nn2)cc1Cl. The molecule has 11 heteroatoms. The smallest absolute Gasteiger partial charge is 0.433 e. The van der Waals surface area contributed by atoms with Gasteiger partial charge in [0.05, 0.1) is 29.6 Å². The summed E-state index contributed by atoms with van der Waals surface area (Å²) in [4.78, 5) is 3.27. The van der Waals surface area contributed by atoms with Gasteiger partial charge in [-0.05, 0) is 44.2 Å². The van der Waals surface area contributed by atoms with Crippen molar-refractivity contribution in [3.8, 4) is 17.5 Å².